The minimum absolute atomic E-state index is 0.111. The number of ether oxygens (including phenoxy) is 1. The predicted octanol–water partition coefficient (Wildman–Crippen LogP) is 0.628. The second kappa shape index (κ2) is 9.30. The van der Waals surface area contributed by atoms with E-state index in [4.69, 9.17) is 4.74 Å². The van der Waals surface area contributed by atoms with E-state index in [0.717, 1.165) is 13.0 Å². The SMILES string of the molecule is COCCNS(=O)(=O)c1ccc(C(=O)NCCCn2ccnc2)cc1. The zero-order valence-corrected chi connectivity index (χ0v) is 14.8. The van der Waals surface area contributed by atoms with Gasteiger partial charge in [-0.05, 0) is 30.7 Å². The highest BCUT2D eigenvalue weighted by Crippen LogP contribution is 2.10. The summed E-state index contributed by atoms with van der Waals surface area (Å²) >= 11 is 0. The van der Waals surface area contributed by atoms with Crippen LogP contribution in [0.2, 0.25) is 0 Å². The van der Waals surface area contributed by atoms with Crippen LogP contribution in [0.4, 0.5) is 0 Å². The largest absolute Gasteiger partial charge is 0.383 e. The molecule has 136 valence electrons. The van der Waals surface area contributed by atoms with E-state index in [2.05, 4.69) is 15.0 Å². The molecule has 0 spiro atoms. The maximum atomic E-state index is 12.1. The molecule has 0 saturated heterocycles. The van der Waals surface area contributed by atoms with E-state index in [1.807, 2.05) is 10.8 Å². The number of hydrogen-bond donors (Lipinski definition) is 2. The normalized spacial score (nSPS) is 11.4. The first-order chi connectivity index (χ1) is 12.0. The van der Waals surface area contributed by atoms with E-state index in [0.29, 0.717) is 18.7 Å². The lowest BCUT2D eigenvalue weighted by atomic mass is 10.2. The number of methoxy groups -OCH3 is 1. The number of imidazole rings is 1. The van der Waals surface area contributed by atoms with Gasteiger partial charge in [-0.25, -0.2) is 18.1 Å². The number of benzene rings is 1. The summed E-state index contributed by atoms with van der Waals surface area (Å²) in [6, 6.07) is 5.82. The average molecular weight is 366 g/mol. The Balaban J connectivity index is 1.82. The van der Waals surface area contributed by atoms with Crippen molar-refractivity contribution in [2.24, 2.45) is 0 Å². The number of nitrogens with one attached hydrogen (secondary N) is 2. The second-order valence-electron chi connectivity index (χ2n) is 5.32. The number of aryl methyl sites for hydroxylation is 1. The lowest BCUT2D eigenvalue weighted by molar-refractivity contribution is 0.0952. The van der Waals surface area contributed by atoms with Crippen LogP contribution in [-0.4, -0.2) is 50.7 Å². The van der Waals surface area contributed by atoms with Crippen molar-refractivity contribution >= 4 is 15.9 Å². The van der Waals surface area contributed by atoms with Gasteiger partial charge in [-0.1, -0.05) is 0 Å². The fourth-order valence-electron chi connectivity index (χ4n) is 2.13. The topological polar surface area (TPSA) is 102 Å². The number of carbonyl (C=O) groups excluding carboxylic acids is 1. The van der Waals surface area contributed by atoms with Crippen LogP contribution in [-0.2, 0) is 21.3 Å². The fourth-order valence-corrected chi connectivity index (χ4v) is 3.14. The molecule has 0 saturated carbocycles. The maximum absolute atomic E-state index is 12.1. The van der Waals surface area contributed by atoms with Crippen molar-refractivity contribution in [3.05, 3.63) is 48.5 Å². The third kappa shape index (κ3) is 5.96. The molecule has 0 unspecified atom stereocenters. The molecular formula is C16H22N4O4S. The van der Waals surface area contributed by atoms with Gasteiger partial charge in [0, 0.05) is 44.7 Å². The summed E-state index contributed by atoms with van der Waals surface area (Å²) in [6.07, 6.45) is 6.07. The third-order valence-corrected chi connectivity index (χ3v) is 4.94. The summed E-state index contributed by atoms with van der Waals surface area (Å²) in [4.78, 5) is 16.1. The van der Waals surface area contributed by atoms with Gasteiger partial charge in [-0.2, -0.15) is 0 Å². The number of rotatable bonds is 10. The highest BCUT2D eigenvalue weighted by Gasteiger charge is 2.14. The van der Waals surface area contributed by atoms with Crippen molar-refractivity contribution < 1.29 is 17.9 Å². The van der Waals surface area contributed by atoms with Crippen molar-refractivity contribution in [2.75, 3.05) is 26.8 Å². The molecule has 2 rings (SSSR count). The van der Waals surface area contributed by atoms with Gasteiger partial charge in [0.25, 0.3) is 5.91 Å². The number of nitrogens with zero attached hydrogens (tertiary/aromatic N) is 2. The Kier molecular flexibility index (Phi) is 7.11. The van der Waals surface area contributed by atoms with Crippen LogP contribution in [0.5, 0.6) is 0 Å². The van der Waals surface area contributed by atoms with Crippen molar-refractivity contribution in [1.82, 2.24) is 19.6 Å². The van der Waals surface area contributed by atoms with Gasteiger partial charge in [0.2, 0.25) is 10.0 Å². The summed E-state index contributed by atoms with van der Waals surface area (Å²) in [5.74, 6) is -0.234. The zero-order valence-electron chi connectivity index (χ0n) is 14.0. The van der Waals surface area contributed by atoms with E-state index in [-0.39, 0.29) is 17.3 Å². The molecule has 1 heterocycles. The molecule has 0 radical (unpaired) electrons. The van der Waals surface area contributed by atoms with Gasteiger partial charge in [-0.15, -0.1) is 0 Å². The monoisotopic (exact) mass is 366 g/mol. The Morgan fingerprint density at radius 2 is 2.00 bits per heavy atom. The van der Waals surface area contributed by atoms with Crippen LogP contribution in [0, 0.1) is 0 Å². The summed E-state index contributed by atoms with van der Waals surface area (Å²) in [5, 5.41) is 2.81. The van der Waals surface area contributed by atoms with Crippen LogP contribution in [0.1, 0.15) is 16.8 Å². The molecule has 0 aliphatic carbocycles. The molecule has 0 aliphatic rings. The van der Waals surface area contributed by atoms with E-state index in [9.17, 15) is 13.2 Å². The molecule has 8 nitrogen and oxygen atoms in total. The Labute approximate surface area is 147 Å². The van der Waals surface area contributed by atoms with Crippen molar-refractivity contribution in [3.8, 4) is 0 Å². The number of hydrogen-bond acceptors (Lipinski definition) is 5. The van der Waals surface area contributed by atoms with Gasteiger partial charge in [0.1, 0.15) is 0 Å². The van der Waals surface area contributed by atoms with Crippen LogP contribution < -0.4 is 10.0 Å². The van der Waals surface area contributed by atoms with E-state index < -0.39 is 10.0 Å². The molecule has 0 bridgehead atoms. The summed E-state index contributed by atoms with van der Waals surface area (Å²) in [5.41, 5.74) is 0.415. The Bertz CT molecular complexity index is 758. The van der Waals surface area contributed by atoms with Crippen LogP contribution >= 0.6 is 0 Å². The number of carbonyl (C=O) groups is 1. The molecule has 0 aliphatic heterocycles. The minimum Gasteiger partial charge on any atom is -0.383 e. The molecule has 2 aromatic rings. The van der Waals surface area contributed by atoms with E-state index in [1.165, 1.54) is 31.4 Å². The van der Waals surface area contributed by atoms with Crippen LogP contribution in [0.25, 0.3) is 0 Å². The van der Waals surface area contributed by atoms with Gasteiger partial charge in [0.15, 0.2) is 0 Å². The lowest BCUT2D eigenvalue weighted by Gasteiger charge is -2.08. The smallest absolute Gasteiger partial charge is 0.251 e. The van der Waals surface area contributed by atoms with Gasteiger partial charge in [-0.3, -0.25) is 4.79 Å². The summed E-state index contributed by atoms with van der Waals surface area (Å²) in [6.45, 7) is 1.77. The number of amides is 1. The molecule has 2 N–H and O–H groups in total. The van der Waals surface area contributed by atoms with Gasteiger partial charge >= 0.3 is 0 Å². The van der Waals surface area contributed by atoms with E-state index >= 15 is 0 Å². The van der Waals surface area contributed by atoms with Crippen molar-refractivity contribution in [2.45, 2.75) is 17.9 Å². The molecule has 1 aromatic heterocycles. The first-order valence-corrected chi connectivity index (χ1v) is 9.34. The van der Waals surface area contributed by atoms with Gasteiger partial charge < -0.3 is 14.6 Å². The summed E-state index contributed by atoms with van der Waals surface area (Å²) < 4.78 is 33.2. The third-order valence-electron chi connectivity index (χ3n) is 3.46. The van der Waals surface area contributed by atoms with E-state index in [1.54, 1.807) is 12.5 Å². The lowest BCUT2D eigenvalue weighted by Crippen LogP contribution is -2.27. The molecule has 1 aromatic carbocycles. The first-order valence-electron chi connectivity index (χ1n) is 7.85. The standard InChI is InChI=1S/C16H22N4O4S/c1-24-12-9-19-25(22,23)15-5-3-14(4-6-15)16(21)18-7-2-10-20-11-8-17-13-20/h3-6,8,11,13,19H,2,7,9-10,12H2,1H3,(H,18,21). The van der Waals surface area contributed by atoms with Crippen molar-refractivity contribution in [1.29, 1.82) is 0 Å². The fraction of sp³-hybridized carbons (Fsp3) is 0.375. The molecule has 25 heavy (non-hydrogen) atoms. The number of sulfonamides is 1. The minimum atomic E-state index is -3.59. The molecular weight excluding hydrogens is 344 g/mol. The van der Waals surface area contributed by atoms with Crippen LogP contribution in [0.15, 0.2) is 47.9 Å². The Morgan fingerprint density at radius 3 is 2.64 bits per heavy atom. The highest BCUT2D eigenvalue weighted by molar-refractivity contribution is 7.89. The zero-order chi connectivity index (χ0) is 18.1. The summed E-state index contributed by atoms with van der Waals surface area (Å²) in [7, 11) is -2.09. The van der Waals surface area contributed by atoms with Gasteiger partial charge in [0.05, 0.1) is 17.8 Å². The first kappa shape index (κ1) is 19.1. The average Bonchev–Trinajstić information content (AvgIpc) is 3.12. The molecule has 0 atom stereocenters. The molecule has 9 heteroatoms. The second-order valence-corrected chi connectivity index (χ2v) is 7.09. The Morgan fingerprint density at radius 1 is 1.24 bits per heavy atom. The van der Waals surface area contributed by atoms with Crippen LogP contribution in [0.3, 0.4) is 0 Å². The van der Waals surface area contributed by atoms with Crippen molar-refractivity contribution in [3.63, 3.8) is 0 Å². The highest BCUT2D eigenvalue weighted by atomic mass is 32.2. The Hall–Kier alpha value is -2.23. The molecule has 0 fully saturated rings. The molecule has 1 amide bonds. The predicted molar refractivity (Wildman–Crippen MR) is 92.7 cm³/mol. The maximum Gasteiger partial charge on any atom is 0.251 e. The quantitative estimate of drug-likeness (QED) is 0.601. The number of aromatic nitrogens is 2.